The van der Waals surface area contributed by atoms with E-state index >= 15 is 0 Å². The predicted molar refractivity (Wildman–Crippen MR) is 73.9 cm³/mol. The molecule has 0 saturated carbocycles. The lowest BCUT2D eigenvalue weighted by molar-refractivity contribution is 0.367. The van der Waals surface area contributed by atoms with Gasteiger partial charge in [-0.15, -0.1) is 0 Å². The van der Waals surface area contributed by atoms with E-state index in [2.05, 4.69) is 46.5 Å². The Bertz CT molecular complexity index is 250. The lowest BCUT2D eigenvalue weighted by Crippen LogP contribution is -2.25. The minimum atomic E-state index is -1.43. The van der Waals surface area contributed by atoms with Crippen molar-refractivity contribution < 1.29 is 4.43 Å². The van der Waals surface area contributed by atoms with Crippen molar-refractivity contribution in [2.75, 3.05) is 0 Å². The van der Waals surface area contributed by atoms with Crippen molar-refractivity contribution in [2.45, 2.75) is 59.7 Å². The first-order chi connectivity index (χ1) is 7.28. The van der Waals surface area contributed by atoms with Crippen LogP contribution in [0.4, 0.5) is 0 Å². The molecule has 2 heteroatoms. The molecule has 0 aliphatic heterocycles. The summed E-state index contributed by atoms with van der Waals surface area (Å²) in [7, 11) is -1.43. The van der Waals surface area contributed by atoms with Gasteiger partial charge in [-0.2, -0.15) is 0 Å². The number of hydrogen-bond donors (Lipinski definition) is 0. The topological polar surface area (TPSA) is 9.23 Å². The maximum atomic E-state index is 6.21. The molecule has 2 atom stereocenters. The van der Waals surface area contributed by atoms with E-state index < -0.39 is 8.32 Å². The van der Waals surface area contributed by atoms with Gasteiger partial charge in [0.25, 0.3) is 0 Å². The van der Waals surface area contributed by atoms with Crippen molar-refractivity contribution in [3.05, 3.63) is 11.8 Å². The Hall–Kier alpha value is -0.243. The van der Waals surface area contributed by atoms with E-state index in [-0.39, 0.29) is 0 Å². The number of hydrogen-bond acceptors (Lipinski definition) is 1. The first-order valence-corrected chi connectivity index (χ1v) is 10.1. The largest absolute Gasteiger partial charge is 0.548 e. The smallest absolute Gasteiger partial charge is 0.241 e. The van der Waals surface area contributed by atoms with Gasteiger partial charge in [0.2, 0.25) is 8.32 Å². The summed E-state index contributed by atoms with van der Waals surface area (Å²) >= 11 is 0. The fourth-order valence-corrected chi connectivity index (χ4v) is 3.25. The molecule has 0 aromatic rings. The molecule has 94 valence electrons. The average molecular weight is 240 g/mol. The second-order valence-electron chi connectivity index (χ2n) is 6.64. The van der Waals surface area contributed by atoms with Crippen LogP contribution in [0.1, 0.15) is 40.0 Å². The molecule has 0 radical (unpaired) electrons. The van der Waals surface area contributed by atoms with E-state index in [9.17, 15) is 0 Å². The SMILES string of the molecule is CC(C)[C@H]1C=C(O[Si](C)(C)C)C[C@H](C)CC1. The van der Waals surface area contributed by atoms with Gasteiger partial charge in [-0.3, -0.25) is 0 Å². The molecule has 0 heterocycles. The Morgan fingerprint density at radius 1 is 1.25 bits per heavy atom. The van der Waals surface area contributed by atoms with Gasteiger partial charge < -0.3 is 4.43 Å². The van der Waals surface area contributed by atoms with Crippen LogP contribution in [0.3, 0.4) is 0 Å². The Morgan fingerprint density at radius 2 is 1.88 bits per heavy atom. The van der Waals surface area contributed by atoms with Crippen LogP contribution < -0.4 is 0 Å². The molecule has 1 aliphatic carbocycles. The van der Waals surface area contributed by atoms with Crippen LogP contribution in [0.15, 0.2) is 11.8 Å². The minimum absolute atomic E-state index is 0.719. The Balaban J connectivity index is 2.76. The Kier molecular flexibility index (Phi) is 4.66. The van der Waals surface area contributed by atoms with E-state index in [1.54, 1.807) is 0 Å². The molecule has 0 unspecified atom stereocenters. The standard InChI is InChI=1S/C14H28OSi/c1-11(2)13-8-7-12(3)9-14(10-13)15-16(4,5)6/h10-13H,7-9H2,1-6H3/t12-,13-/m1/s1. The molecule has 0 fully saturated rings. The van der Waals surface area contributed by atoms with E-state index in [1.165, 1.54) is 18.6 Å². The average Bonchev–Trinajstić information content (AvgIpc) is 2.24. The molecular formula is C14H28OSi. The third-order valence-electron chi connectivity index (χ3n) is 3.24. The van der Waals surface area contributed by atoms with E-state index in [1.807, 2.05) is 0 Å². The highest BCUT2D eigenvalue weighted by Crippen LogP contribution is 2.32. The molecule has 0 aromatic heterocycles. The minimum Gasteiger partial charge on any atom is -0.548 e. The van der Waals surface area contributed by atoms with E-state index in [0.29, 0.717) is 0 Å². The maximum Gasteiger partial charge on any atom is 0.241 e. The zero-order valence-corrected chi connectivity index (χ0v) is 12.8. The van der Waals surface area contributed by atoms with E-state index in [4.69, 9.17) is 4.43 Å². The van der Waals surface area contributed by atoms with Gasteiger partial charge in [-0.05, 0) is 56.3 Å². The molecule has 0 aromatic carbocycles. The van der Waals surface area contributed by atoms with Gasteiger partial charge in [0, 0.05) is 6.42 Å². The predicted octanol–water partition coefficient (Wildman–Crippen LogP) is 4.81. The van der Waals surface area contributed by atoms with Gasteiger partial charge >= 0.3 is 0 Å². The molecular weight excluding hydrogens is 212 g/mol. The van der Waals surface area contributed by atoms with Crippen LogP contribution in [0.25, 0.3) is 0 Å². The second-order valence-corrected chi connectivity index (χ2v) is 11.1. The molecule has 16 heavy (non-hydrogen) atoms. The summed E-state index contributed by atoms with van der Waals surface area (Å²) in [6, 6.07) is 0. The molecule has 0 bridgehead atoms. The fraction of sp³-hybridized carbons (Fsp3) is 0.857. The van der Waals surface area contributed by atoms with Gasteiger partial charge in [0.05, 0.1) is 5.76 Å². The molecule has 1 aliphatic rings. The summed E-state index contributed by atoms with van der Waals surface area (Å²) in [5, 5.41) is 0. The number of allylic oxidation sites excluding steroid dienone is 2. The fourth-order valence-electron chi connectivity index (χ4n) is 2.31. The third-order valence-corrected chi connectivity index (χ3v) is 4.11. The van der Waals surface area contributed by atoms with E-state index in [0.717, 1.165) is 24.2 Å². The van der Waals surface area contributed by atoms with Crippen molar-refractivity contribution in [1.29, 1.82) is 0 Å². The zero-order valence-electron chi connectivity index (χ0n) is 11.8. The van der Waals surface area contributed by atoms with Crippen LogP contribution in [-0.2, 0) is 4.43 Å². The first kappa shape index (κ1) is 13.8. The third kappa shape index (κ3) is 4.73. The van der Waals surface area contributed by atoms with Crippen LogP contribution in [-0.4, -0.2) is 8.32 Å². The molecule has 0 amide bonds. The second kappa shape index (κ2) is 5.39. The van der Waals surface area contributed by atoms with Gasteiger partial charge in [-0.25, -0.2) is 0 Å². The first-order valence-electron chi connectivity index (χ1n) is 6.67. The van der Waals surface area contributed by atoms with Gasteiger partial charge in [0.1, 0.15) is 0 Å². The highest BCUT2D eigenvalue weighted by Gasteiger charge is 2.23. The van der Waals surface area contributed by atoms with Gasteiger partial charge in [0.15, 0.2) is 0 Å². The highest BCUT2D eigenvalue weighted by molar-refractivity contribution is 6.70. The summed E-state index contributed by atoms with van der Waals surface area (Å²) in [6.07, 6.45) is 6.25. The zero-order chi connectivity index (χ0) is 12.3. The molecule has 1 nitrogen and oxygen atoms in total. The Morgan fingerprint density at radius 3 is 2.38 bits per heavy atom. The summed E-state index contributed by atoms with van der Waals surface area (Å²) in [4.78, 5) is 0. The van der Waals surface area contributed by atoms with Crippen LogP contribution in [0, 0.1) is 17.8 Å². The van der Waals surface area contributed by atoms with Crippen LogP contribution >= 0.6 is 0 Å². The highest BCUT2D eigenvalue weighted by atomic mass is 28.4. The van der Waals surface area contributed by atoms with Crippen LogP contribution in [0.5, 0.6) is 0 Å². The lowest BCUT2D eigenvalue weighted by Gasteiger charge is -2.23. The molecule has 0 N–H and O–H groups in total. The number of rotatable bonds is 3. The quantitative estimate of drug-likeness (QED) is 0.643. The van der Waals surface area contributed by atoms with Crippen molar-refractivity contribution >= 4 is 8.32 Å². The summed E-state index contributed by atoms with van der Waals surface area (Å²) < 4.78 is 6.21. The Labute approximate surface area is 102 Å². The normalized spacial score (nSPS) is 27.6. The van der Waals surface area contributed by atoms with Crippen molar-refractivity contribution in [3.8, 4) is 0 Å². The monoisotopic (exact) mass is 240 g/mol. The van der Waals surface area contributed by atoms with Gasteiger partial charge in [-0.1, -0.05) is 20.8 Å². The summed E-state index contributed by atoms with van der Waals surface area (Å²) in [6.45, 7) is 13.8. The molecule has 0 saturated heterocycles. The summed E-state index contributed by atoms with van der Waals surface area (Å²) in [5.74, 6) is 3.52. The van der Waals surface area contributed by atoms with Crippen LogP contribution in [0.2, 0.25) is 19.6 Å². The molecule has 0 spiro atoms. The summed E-state index contributed by atoms with van der Waals surface area (Å²) in [5.41, 5.74) is 0. The van der Waals surface area contributed by atoms with Crippen molar-refractivity contribution in [2.24, 2.45) is 17.8 Å². The molecule has 1 rings (SSSR count). The van der Waals surface area contributed by atoms with Crippen molar-refractivity contribution in [3.63, 3.8) is 0 Å². The maximum absolute atomic E-state index is 6.21. The lowest BCUT2D eigenvalue weighted by atomic mass is 9.90. The van der Waals surface area contributed by atoms with Crippen molar-refractivity contribution in [1.82, 2.24) is 0 Å².